The zero-order chi connectivity index (χ0) is 20.3. The number of imidazole rings is 1. The van der Waals surface area contributed by atoms with E-state index in [4.69, 9.17) is 4.74 Å². The Kier molecular flexibility index (Phi) is 6.94. The van der Waals surface area contributed by atoms with Gasteiger partial charge in [0.1, 0.15) is 6.10 Å². The number of halogens is 3. The van der Waals surface area contributed by atoms with Gasteiger partial charge in [-0.1, -0.05) is 11.8 Å². The van der Waals surface area contributed by atoms with Gasteiger partial charge in [-0.2, -0.15) is 24.9 Å². The maximum Gasteiger partial charge on any atom is 0.389 e. The van der Waals surface area contributed by atoms with Crippen LogP contribution in [0.3, 0.4) is 0 Å². The third-order valence-electron chi connectivity index (χ3n) is 4.16. The van der Waals surface area contributed by atoms with Crippen molar-refractivity contribution < 1.29 is 23.0 Å². The quantitative estimate of drug-likeness (QED) is 0.370. The number of aliphatic hydroxyl groups is 1. The molecule has 0 spiro atoms. The van der Waals surface area contributed by atoms with Crippen molar-refractivity contribution >= 4 is 40.5 Å². The molecule has 0 aromatic carbocycles. The van der Waals surface area contributed by atoms with Crippen molar-refractivity contribution in [1.82, 2.24) is 19.5 Å². The Morgan fingerprint density at radius 1 is 1.36 bits per heavy atom. The fourth-order valence-corrected chi connectivity index (χ4v) is 4.02. The van der Waals surface area contributed by atoms with Gasteiger partial charge >= 0.3 is 6.18 Å². The molecule has 0 saturated carbocycles. The van der Waals surface area contributed by atoms with E-state index in [1.807, 2.05) is 13.2 Å². The second-order valence-electron chi connectivity index (χ2n) is 6.45. The van der Waals surface area contributed by atoms with Crippen LogP contribution in [0.25, 0.3) is 11.2 Å². The van der Waals surface area contributed by atoms with E-state index in [0.717, 1.165) is 17.5 Å². The number of fused-ring (bicyclic) bond motifs is 1. The molecule has 156 valence electrons. The summed E-state index contributed by atoms with van der Waals surface area (Å²) in [6.07, 6.45) is -2.62. The van der Waals surface area contributed by atoms with Crippen molar-refractivity contribution in [3.05, 3.63) is 6.33 Å². The van der Waals surface area contributed by atoms with E-state index in [1.165, 1.54) is 6.33 Å². The number of nitrogens with one attached hydrogen (secondary N) is 1. The van der Waals surface area contributed by atoms with Gasteiger partial charge in [0.25, 0.3) is 0 Å². The van der Waals surface area contributed by atoms with E-state index in [2.05, 4.69) is 20.3 Å². The maximum absolute atomic E-state index is 12.5. The van der Waals surface area contributed by atoms with Crippen LogP contribution in [0.15, 0.2) is 11.5 Å². The highest BCUT2D eigenvalue weighted by atomic mass is 32.2. The van der Waals surface area contributed by atoms with Crippen LogP contribution in [0.2, 0.25) is 0 Å². The molecule has 3 atom stereocenters. The number of anilines is 1. The van der Waals surface area contributed by atoms with Crippen LogP contribution in [-0.2, 0) is 4.74 Å². The van der Waals surface area contributed by atoms with E-state index >= 15 is 0 Å². The lowest BCUT2D eigenvalue weighted by Crippen LogP contribution is -2.19. The zero-order valence-corrected chi connectivity index (χ0v) is 17.1. The van der Waals surface area contributed by atoms with Gasteiger partial charge in [0.15, 0.2) is 28.4 Å². The third kappa shape index (κ3) is 5.22. The Morgan fingerprint density at radius 3 is 2.79 bits per heavy atom. The summed E-state index contributed by atoms with van der Waals surface area (Å²) in [6.45, 7) is 2.50. The predicted molar refractivity (Wildman–Crippen MR) is 104 cm³/mol. The number of aliphatic hydroxyl groups excluding tert-OH is 1. The van der Waals surface area contributed by atoms with E-state index < -0.39 is 24.9 Å². The molecular formula is C16H22F3N5O2S2. The first kappa shape index (κ1) is 21.5. The molecule has 0 aliphatic carbocycles. The molecule has 0 radical (unpaired) electrons. The summed E-state index contributed by atoms with van der Waals surface area (Å²) in [4.78, 5) is 13.1. The van der Waals surface area contributed by atoms with E-state index in [1.54, 1.807) is 16.3 Å². The van der Waals surface area contributed by atoms with Crippen molar-refractivity contribution in [3.8, 4) is 0 Å². The molecule has 1 aliphatic rings. The standard InChI is InChI=1S/C16H22F3N5O2S2/c1-9-7-10(25)14(26-9)24-8-21-11-12(20-4-6-27-2)22-15(23-13(11)24)28-5-3-16(17,18)19/h8-10,14,25H,3-7H2,1-2H3,(H,20,22,23)/t9?,10-,14?/m1/s1. The number of ether oxygens (including phenoxy) is 1. The largest absolute Gasteiger partial charge is 0.389 e. The van der Waals surface area contributed by atoms with Crippen LogP contribution >= 0.6 is 23.5 Å². The fraction of sp³-hybridized carbons (Fsp3) is 0.688. The van der Waals surface area contributed by atoms with Gasteiger partial charge in [-0.3, -0.25) is 4.57 Å². The van der Waals surface area contributed by atoms with Crippen molar-refractivity contribution in [2.24, 2.45) is 0 Å². The average molecular weight is 438 g/mol. The molecule has 2 aromatic heterocycles. The summed E-state index contributed by atoms with van der Waals surface area (Å²) in [5, 5.41) is 13.7. The minimum atomic E-state index is -4.23. The molecule has 0 amide bonds. The van der Waals surface area contributed by atoms with Crippen LogP contribution in [0.5, 0.6) is 0 Å². The number of hydrogen-bond donors (Lipinski definition) is 2. The second-order valence-corrected chi connectivity index (χ2v) is 8.50. The van der Waals surface area contributed by atoms with Gasteiger partial charge in [-0.05, 0) is 13.2 Å². The molecule has 2 aromatic rings. The molecular weight excluding hydrogens is 415 g/mol. The lowest BCUT2D eigenvalue weighted by molar-refractivity contribution is -0.129. The van der Waals surface area contributed by atoms with Gasteiger partial charge in [-0.15, -0.1) is 0 Å². The summed E-state index contributed by atoms with van der Waals surface area (Å²) in [7, 11) is 0. The van der Waals surface area contributed by atoms with Crippen LogP contribution < -0.4 is 5.32 Å². The van der Waals surface area contributed by atoms with Crippen molar-refractivity contribution in [3.63, 3.8) is 0 Å². The SMILES string of the molecule is CSCCNc1nc(SCCC(F)(F)F)nc2c1ncn2C1OC(C)C[C@H]1O. The highest BCUT2D eigenvalue weighted by molar-refractivity contribution is 7.99. The van der Waals surface area contributed by atoms with Gasteiger partial charge in [0, 0.05) is 24.5 Å². The molecule has 3 rings (SSSR count). The van der Waals surface area contributed by atoms with E-state index in [0.29, 0.717) is 29.9 Å². The molecule has 3 heterocycles. The Bertz CT molecular complexity index is 804. The molecule has 1 saturated heterocycles. The third-order valence-corrected chi connectivity index (χ3v) is 5.63. The van der Waals surface area contributed by atoms with Gasteiger partial charge < -0.3 is 15.2 Å². The highest BCUT2D eigenvalue weighted by Gasteiger charge is 2.34. The minimum Gasteiger partial charge on any atom is -0.388 e. The summed E-state index contributed by atoms with van der Waals surface area (Å²) in [5.41, 5.74) is 0.922. The Morgan fingerprint density at radius 2 is 2.14 bits per heavy atom. The number of rotatable bonds is 8. The van der Waals surface area contributed by atoms with Crippen LogP contribution in [-0.4, -0.2) is 67.3 Å². The first-order chi connectivity index (χ1) is 13.3. The van der Waals surface area contributed by atoms with Crippen LogP contribution in [0.4, 0.5) is 19.0 Å². The number of aromatic nitrogens is 4. The van der Waals surface area contributed by atoms with Gasteiger partial charge in [-0.25, -0.2) is 15.0 Å². The highest BCUT2D eigenvalue weighted by Crippen LogP contribution is 2.33. The summed E-state index contributed by atoms with van der Waals surface area (Å²) >= 11 is 2.60. The van der Waals surface area contributed by atoms with Crippen LogP contribution in [0, 0.1) is 0 Å². The van der Waals surface area contributed by atoms with Gasteiger partial charge in [0.05, 0.1) is 18.9 Å². The molecule has 0 bridgehead atoms. The minimum absolute atomic E-state index is 0.112. The molecule has 1 aliphatic heterocycles. The smallest absolute Gasteiger partial charge is 0.388 e. The number of hydrogen-bond acceptors (Lipinski definition) is 8. The van der Waals surface area contributed by atoms with Crippen molar-refractivity contribution in [2.75, 3.05) is 29.6 Å². The molecule has 12 heteroatoms. The zero-order valence-electron chi connectivity index (χ0n) is 15.4. The summed E-state index contributed by atoms with van der Waals surface area (Å²) in [5.74, 6) is 1.13. The monoisotopic (exact) mass is 437 g/mol. The summed E-state index contributed by atoms with van der Waals surface area (Å²) < 4.78 is 44.8. The Hall–Kier alpha value is -1.24. The number of alkyl halides is 3. The lowest BCUT2D eigenvalue weighted by atomic mass is 10.2. The fourth-order valence-electron chi connectivity index (χ4n) is 2.89. The predicted octanol–water partition coefficient (Wildman–Crippen LogP) is 3.31. The van der Waals surface area contributed by atoms with Crippen molar-refractivity contribution in [2.45, 2.75) is 49.5 Å². The molecule has 2 N–H and O–H groups in total. The molecule has 1 fully saturated rings. The van der Waals surface area contributed by atoms with E-state index in [-0.39, 0.29) is 17.0 Å². The molecule has 28 heavy (non-hydrogen) atoms. The second kappa shape index (κ2) is 9.06. The normalized spacial score (nSPS) is 22.9. The summed E-state index contributed by atoms with van der Waals surface area (Å²) in [6, 6.07) is 0. The lowest BCUT2D eigenvalue weighted by Gasteiger charge is -2.16. The Balaban J connectivity index is 1.90. The van der Waals surface area contributed by atoms with Crippen LogP contribution in [0.1, 0.15) is 26.0 Å². The maximum atomic E-state index is 12.5. The Labute approximate surface area is 168 Å². The molecule has 7 nitrogen and oxygen atoms in total. The van der Waals surface area contributed by atoms with E-state index in [9.17, 15) is 18.3 Å². The first-order valence-corrected chi connectivity index (χ1v) is 11.2. The molecule has 2 unspecified atom stereocenters. The van der Waals surface area contributed by atoms with Gasteiger partial charge in [0.2, 0.25) is 0 Å². The number of thioether (sulfide) groups is 2. The van der Waals surface area contributed by atoms with Crippen molar-refractivity contribution in [1.29, 1.82) is 0 Å². The number of nitrogens with zero attached hydrogens (tertiary/aromatic N) is 4. The average Bonchev–Trinajstić information content (AvgIpc) is 3.16. The first-order valence-electron chi connectivity index (χ1n) is 8.79. The topological polar surface area (TPSA) is 85.1 Å².